The number of carbonyl (C=O) groups excluding carboxylic acids is 1. The van der Waals surface area contributed by atoms with E-state index in [0.29, 0.717) is 12.1 Å². The molecule has 0 spiro atoms. The van der Waals surface area contributed by atoms with Gasteiger partial charge in [0.1, 0.15) is 0 Å². The summed E-state index contributed by atoms with van der Waals surface area (Å²) in [6.45, 7) is 3.85. The van der Waals surface area contributed by atoms with E-state index in [1.54, 1.807) is 19.2 Å². The van der Waals surface area contributed by atoms with E-state index >= 15 is 0 Å². The second-order valence-corrected chi connectivity index (χ2v) is 5.70. The first-order valence-corrected chi connectivity index (χ1v) is 6.99. The van der Waals surface area contributed by atoms with Crippen LogP contribution in [0.15, 0.2) is 24.3 Å². The normalized spacial score (nSPS) is 23.0. The summed E-state index contributed by atoms with van der Waals surface area (Å²) in [6, 6.07) is 5.89. The van der Waals surface area contributed by atoms with E-state index < -0.39 is 4.92 Å². The van der Waals surface area contributed by atoms with Crippen LogP contribution in [-0.4, -0.2) is 48.0 Å². The maximum Gasteiger partial charge on any atom is 0.270 e. The van der Waals surface area contributed by atoms with Gasteiger partial charge in [-0.25, -0.2) is 0 Å². The molecule has 21 heavy (non-hydrogen) atoms. The minimum absolute atomic E-state index is 0.0544. The van der Waals surface area contributed by atoms with Crippen LogP contribution < -0.4 is 0 Å². The van der Waals surface area contributed by atoms with Crippen molar-refractivity contribution in [3.63, 3.8) is 0 Å². The van der Waals surface area contributed by atoms with Crippen molar-refractivity contribution < 1.29 is 14.5 Å². The SMILES string of the molecule is COC1(C)CCCN(CC(=O)c2cccc([N+](=O)[O-])c2)C1. The molecule has 0 aliphatic carbocycles. The molecule has 6 heteroatoms. The van der Waals surface area contributed by atoms with Gasteiger partial charge in [-0.2, -0.15) is 0 Å². The van der Waals surface area contributed by atoms with Crippen molar-refractivity contribution in [1.82, 2.24) is 4.90 Å². The molecule has 2 rings (SSSR count). The molecular formula is C15H20N2O4. The zero-order valence-electron chi connectivity index (χ0n) is 12.4. The molecule has 1 saturated heterocycles. The number of methoxy groups -OCH3 is 1. The highest BCUT2D eigenvalue weighted by Crippen LogP contribution is 2.24. The first-order valence-electron chi connectivity index (χ1n) is 6.99. The second kappa shape index (κ2) is 6.32. The largest absolute Gasteiger partial charge is 0.377 e. The smallest absolute Gasteiger partial charge is 0.270 e. The molecule has 1 aliphatic rings. The number of rotatable bonds is 5. The average molecular weight is 292 g/mol. The zero-order valence-corrected chi connectivity index (χ0v) is 12.4. The molecule has 0 bridgehead atoms. The average Bonchev–Trinajstić information content (AvgIpc) is 2.47. The van der Waals surface area contributed by atoms with E-state index in [9.17, 15) is 14.9 Å². The Labute approximate surface area is 123 Å². The highest BCUT2D eigenvalue weighted by Gasteiger charge is 2.31. The molecule has 114 valence electrons. The van der Waals surface area contributed by atoms with Crippen LogP contribution in [-0.2, 0) is 4.74 Å². The number of likely N-dealkylation sites (tertiary alicyclic amines) is 1. The number of hydrogen-bond donors (Lipinski definition) is 0. The summed E-state index contributed by atoms with van der Waals surface area (Å²) in [5, 5.41) is 10.8. The van der Waals surface area contributed by atoms with Crippen LogP contribution in [0, 0.1) is 10.1 Å². The third-order valence-electron chi connectivity index (χ3n) is 3.98. The number of ketones is 1. The number of non-ortho nitro benzene ring substituents is 1. The Morgan fingerprint density at radius 3 is 2.95 bits per heavy atom. The Bertz CT molecular complexity index is 546. The molecule has 0 N–H and O–H groups in total. The van der Waals surface area contributed by atoms with E-state index in [1.165, 1.54) is 12.1 Å². The van der Waals surface area contributed by atoms with Gasteiger partial charge >= 0.3 is 0 Å². The number of nitro groups is 1. The highest BCUT2D eigenvalue weighted by molar-refractivity contribution is 5.98. The molecular weight excluding hydrogens is 272 g/mol. The Balaban J connectivity index is 2.04. The van der Waals surface area contributed by atoms with Crippen LogP contribution in [0.3, 0.4) is 0 Å². The summed E-state index contributed by atoms with van der Waals surface area (Å²) >= 11 is 0. The van der Waals surface area contributed by atoms with Crippen molar-refractivity contribution in [1.29, 1.82) is 0 Å². The minimum atomic E-state index is -0.486. The molecule has 0 amide bonds. The van der Waals surface area contributed by atoms with Crippen LogP contribution >= 0.6 is 0 Å². The maximum atomic E-state index is 12.3. The Morgan fingerprint density at radius 2 is 2.29 bits per heavy atom. The van der Waals surface area contributed by atoms with E-state index in [-0.39, 0.29) is 23.6 Å². The monoisotopic (exact) mass is 292 g/mol. The van der Waals surface area contributed by atoms with Gasteiger partial charge in [0.15, 0.2) is 5.78 Å². The van der Waals surface area contributed by atoms with Gasteiger partial charge in [0.05, 0.1) is 17.1 Å². The summed E-state index contributed by atoms with van der Waals surface area (Å²) in [7, 11) is 1.69. The second-order valence-electron chi connectivity index (χ2n) is 5.70. The van der Waals surface area contributed by atoms with Gasteiger partial charge in [0.2, 0.25) is 0 Å². The Kier molecular flexibility index (Phi) is 4.69. The molecule has 1 unspecified atom stereocenters. The first-order chi connectivity index (χ1) is 9.93. The van der Waals surface area contributed by atoms with Crippen molar-refractivity contribution in [2.45, 2.75) is 25.4 Å². The van der Waals surface area contributed by atoms with Gasteiger partial charge in [-0.3, -0.25) is 19.8 Å². The fourth-order valence-corrected chi connectivity index (χ4v) is 2.70. The zero-order chi connectivity index (χ0) is 15.5. The molecule has 1 aromatic rings. The van der Waals surface area contributed by atoms with E-state index in [4.69, 9.17) is 4.74 Å². The standard InChI is InChI=1S/C15H20N2O4/c1-15(21-2)7-4-8-16(11-15)10-14(18)12-5-3-6-13(9-12)17(19)20/h3,5-6,9H,4,7-8,10-11H2,1-2H3. The lowest BCUT2D eigenvalue weighted by Crippen LogP contribution is -2.48. The van der Waals surface area contributed by atoms with Crippen LogP contribution in [0.2, 0.25) is 0 Å². The van der Waals surface area contributed by atoms with Crippen molar-refractivity contribution in [2.24, 2.45) is 0 Å². The lowest BCUT2D eigenvalue weighted by atomic mass is 9.94. The summed E-state index contributed by atoms with van der Waals surface area (Å²) in [5.41, 5.74) is 0.108. The predicted octanol–water partition coefficient (Wildman–Crippen LogP) is 2.28. The van der Waals surface area contributed by atoms with Crippen LogP contribution in [0.25, 0.3) is 0 Å². The number of nitrogens with zero attached hydrogens (tertiary/aromatic N) is 2. The molecule has 0 aromatic heterocycles. The van der Waals surface area contributed by atoms with Crippen molar-refractivity contribution in [3.8, 4) is 0 Å². The van der Waals surface area contributed by atoms with Crippen molar-refractivity contribution in [2.75, 3.05) is 26.7 Å². The summed E-state index contributed by atoms with van der Waals surface area (Å²) in [6.07, 6.45) is 1.96. The number of hydrogen-bond acceptors (Lipinski definition) is 5. The highest BCUT2D eigenvalue weighted by atomic mass is 16.6. The summed E-state index contributed by atoms with van der Waals surface area (Å²) in [5.74, 6) is -0.0981. The van der Waals surface area contributed by atoms with Crippen molar-refractivity contribution in [3.05, 3.63) is 39.9 Å². The fourth-order valence-electron chi connectivity index (χ4n) is 2.70. The minimum Gasteiger partial charge on any atom is -0.377 e. The van der Waals surface area contributed by atoms with Gasteiger partial charge in [-0.15, -0.1) is 0 Å². The molecule has 6 nitrogen and oxygen atoms in total. The van der Waals surface area contributed by atoms with Crippen LogP contribution in [0.4, 0.5) is 5.69 Å². The molecule has 0 radical (unpaired) electrons. The lowest BCUT2D eigenvalue weighted by Gasteiger charge is -2.39. The third kappa shape index (κ3) is 3.86. The predicted molar refractivity (Wildman–Crippen MR) is 78.5 cm³/mol. The Morgan fingerprint density at radius 1 is 1.52 bits per heavy atom. The maximum absolute atomic E-state index is 12.3. The number of Topliss-reactive ketones (excluding diaryl/α,β-unsaturated/α-hetero) is 1. The summed E-state index contributed by atoms with van der Waals surface area (Å²) in [4.78, 5) is 24.6. The molecule has 1 atom stereocenters. The van der Waals surface area contributed by atoms with E-state index in [2.05, 4.69) is 0 Å². The molecule has 0 saturated carbocycles. The summed E-state index contributed by atoms with van der Waals surface area (Å²) < 4.78 is 5.50. The Hall–Kier alpha value is -1.79. The van der Waals surface area contributed by atoms with Crippen LogP contribution in [0.5, 0.6) is 0 Å². The number of piperidine rings is 1. The van der Waals surface area contributed by atoms with Gasteiger partial charge in [0, 0.05) is 31.4 Å². The number of carbonyl (C=O) groups is 1. The van der Waals surface area contributed by atoms with Gasteiger partial charge in [-0.05, 0) is 26.3 Å². The first kappa shape index (κ1) is 15.6. The number of ether oxygens (including phenoxy) is 1. The molecule has 1 aromatic carbocycles. The van der Waals surface area contributed by atoms with Gasteiger partial charge < -0.3 is 4.74 Å². The lowest BCUT2D eigenvalue weighted by molar-refractivity contribution is -0.384. The van der Waals surface area contributed by atoms with Gasteiger partial charge in [0.25, 0.3) is 5.69 Å². The fraction of sp³-hybridized carbons (Fsp3) is 0.533. The van der Waals surface area contributed by atoms with Crippen LogP contribution in [0.1, 0.15) is 30.1 Å². The van der Waals surface area contributed by atoms with Crippen molar-refractivity contribution >= 4 is 11.5 Å². The van der Waals surface area contributed by atoms with E-state index in [0.717, 1.165) is 19.4 Å². The molecule has 1 fully saturated rings. The quantitative estimate of drug-likeness (QED) is 0.473. The van der Waals surface area contributed by atoms with E-state index in [1.807, 2.05) is 11.8 Å². The molecule has 1 aliphatic heterocycles. The number of benzene rings is 1. The third-order valence-corrected chi connectivity index (χ3v) is 3.98. The van der Waals surface area contributed by atoms with Gasteiger partial charge in [-0.1, -0.05) is 12.1 Å². The molecule has 1 heterocycles. The number of nitro benzene ring substituents is 1. The topological polar surface area (TPSA) is 72.7 Å².